The van der Waals surface area contributed by atoms with E-state index >= 15 is 0 Å². The zero-order valence-electron chi connectivity index (χ0n) is 14.8. The van der Waals surface area contributed by atoms with E-state index in [-0.39, 0.29) is 35.1 Å². The average molecular weight is 424 g/mol. The summed E-state index contributed by atoms with van der Waals surface area (Å²) in [6, 6.07) is 6.01. The largest absolute Gasteiger partial charge is 0.486 e. The third-order valence-electron chi connectivity index (χ3n) is 4.38. The van der Waals surface area contributed by atoms with Crippen molar-refractivity contribution in [3.8, 4) is 11.5 Å². The second-order valence-corrected chi connectivity index (χ2v) is 7.42. The number of amides is 2. The number of benzene rings is 2. The Hall–Kier alpha value is -2.88. The van der Waals surface area contributed by atoms with Crippen molar-refractivity contribution in [3.63, 3.8) is 0 Å². The Balaban J connectivity index is 1.60. The highest BCUT2D eigenvalue weighted by Crippen LogP contribution is 2.38. The summed E-state index contributed by atoms with van der Waals surface area (Å²) >= 11 is 1.30. The smallest absolute Gasteiger partial charge is 0.412 e. The molecule has 1 atom stereocenters. The van der Waals surface area contributed by atoms with Gasteiger partial charge >= 0.3 is 6.18 Å². The number of carbonyl (C=O) groups excluding carboxylic acids is 2. The van der Waals surface area contributed by atoms with Crippen LogP contribution in [0.3, 0.4) is 0 Å². The number of hydrogen-bond donors (Lipinski definition) is 2. The van der Waals surface area contributed by atoms with Gasteiger partial charge in [0.1, 0.15) is 13.2 Å². The number of rotatable bonds is 3. The second-order valence-electron chi connectivity index (χ2n) is 6.40. The average Bonchev–Trinajstić information content (AvgIpc) is 2.70. The molecule has 2 aliphatic heterocycles. The third-order valence-corrected chi connectivity index (χ3v) is 5.45. The number of anilines is 1. The molecule has 1 unspecified atom stereocenters. The predicted octanol–water partition coefficient (Wildman–Crippen LogP) is 3.54. The minimum absolute atomic E-state index is 0.0124. The molecule has 0 aliphatic carbocycles. The number of fused-ring (bicyclic) bond motifs is 2. The fraction of sp³-hybridized carbons (Fsp3) is 0.263. The summed E-state index contributed by atoms with van der Waals surface area (Å²) in [6.45, 7) is 0.553. The van der Waals surface area contributed by atoms with Crippen molar-refractivity contribution in [1.29, 1.82) is 0 Å². The topological polar surface area (TPSA) is 76.7 Å². The van der Waals surface area contributed by atoms with Gasteiger partial charge in [0.25, 0.3) is 5.91 Å². The van der Waals surface area contributed by atoms with Gasteiger partial charge in [0, 0.05) is 10.5 Å². The van der Waals surface area contributed by atoms with Gasteiger partial charge in [-0.05, 0) is 35.9 Å². The summed E-state index contributed by atoms with van der Waals surface area (Å²) in [6.07, 6.45) is -4.72. The first-order valence-electron chi connectivity index (χ1n) is 8.65. The molecule has 10 heteroatoms. The molecule has 0 saturated heterocycles. The molecule has 2 amide bonds. The summed E-state index contributed by atoms with van der Waals surface area (Å²) in [7, 11) is 0. The summed E-state index contributed by atoms with van der Waals surface area (Å²) in [5.41, 5.74) is 0.247. The van der Waals surface area contributed by atoms with Crippen LogP contribution in [0, 0.1) is 0 Å². The first-order valence-corrected chi connectivity index (χ1v) is 9.63. The van der Waals surface area contributed by atoms with E-state index in [4.69, 9.17) is 9.47 Å². The quantitative estimate of drug-likeness (QED) is 0.789. The lowest BCUT2D eigenvalue weighted by atomic mass is 10.0. The van der Waals surface area contributed by atoms with E-state index < -0.39 is 18.1 Å². The van der Waals surface area contributed by atoms with Crippen LogP contribution in [0.1, 0.15) is 22.0 Å². The fourth-order valence-electron chi connectivity index (χ4n) is 3.03. The van der Waals surface area contributed by atoms with Crippen molar-refractivity contribution in [2.75, 3.05) is 24.3 Å². The summed E-state index contributed by atoms with van der Waals surface area (Å²) in [5, 5.41) is 4.65. The maximum absolute atomic E-state index is 13.7. The third kappa shape index (κ3) is 4.12. The van der Waals surface area contributed by atoms with Crippen LogP contribution in [0.2, 0.25) is 0 Å². The van der Waals surface area contributed by atoms with Crippen molar-refractivity contribution in [2.24, 2.45) is 0 Å². The van der Waals surface area contributed by atoms with Crippen LogP contribution < -0.4 is 20.1 Å². The van der Waals surface area contributed by atoms with Crippen LogP contribution >= 0.6 is 11.8 Å². The van der Waals surface area contributed by atoms with Crippen molar-refractivity contribution in [2.45, 2.75) is 17.1 Å². The molecule has 0 fully saturated rings. The molecule has 0 aromatic heterocycles. The van der Waals surface area contributed by atoms with Crippen LogP contribution in [0.5, 0.6) is 11.5 Å². The van der Waals surface area contributed by atoms with Gasteiger partial charge in [0.05, 0.1) is 11.4 Å². The molecule has 2 aromatic rings. The molecule has 0 bridgehead atoms. The van der Waals surface area contributed by atoms with E-state index in [1.54, 1.807) is 6.07 Å². The van der Waals surface area contributed by atoms with Gasteiger partial charge in [-0.3, -0.25) is 9.59 Å². The lowest BCUT2D eigenvalue weighted by Crippen LogP contribution is -2.38. The Kier molecular flexibility index (Phi) is 5.03. The van der Waals surface area contributed by atoms with Crippen molar-refractivity contribution in [3.05, 3.63) is 47.5 Å². The summed E-state index contributed by atoms with van der Waals surface area (Å²) in [5.74, 6) is -0.334. The maximum atomic E-state index is 13.7. The fourth-order valence-corrected chi connectivity index (χ4v) is 3.82. The Bertz CT molecular complexity index is 980. The molecule has 152 valence electrons. The highest BCUT2D eigenvalue weighted by Gasteiger charge is 2.42. The summed E-state index contributed by atoms with van der Waals surface area (Å²) in [4.78, 5) is 24.8. The molecule has 29 heavy (non-hydrogen) atoms. The molecule has 0 spiro atoms. The van der Waals surface area contributed by atoms with E-state index in [2.05, 4.69) is 5.32 Å². The highest BCUT2D eigenvalue weighted by atomic mass is 32.2. The number of alkyl halides is 3. The maximum Gasteiger partial charge on any atom is 0.412 e. The van der Waals surface area contributed by atoms with Crippen LogP contribution in [-0.4, -0.2) is 37.0 Å². The lowest BCUT2D eigenvalue weighted by Gasteiger charge is -2.25. The number of hydrogen-bond acceptors (Lipinski definition) is 5. The number of thioether (sulfide) groups is 1. The molecular weight excluding hydrogens is 409 g/mol. The van der Waals surface area contributed by atoms with Crippen molar-refractivity contribution < 1.29 is 32.2 Å². The molecule has 2 heterocycles. The van der Waals surface area contributed by atoms with E-state index in [1.807, 2.05) is 5.32 Å². The first kappa shape index (κ1) is 19.4. The minimum atomic E-state index is -4.72. The van der Waals surface area contributed by atoms with Gasteiger partial charge in [-0.15, -0.1) is 11.8 Å². The van der Waals surface area contributed by atoms with E-state index in [0.29, 0.717) is 18.0 Å². The Morgan fingerprint density at radius 3 is 2.62 bits per heavy atom. The molecule has 2 N–H and O–H groups in total. The predicted molar refractivity (Wildman–Crippen MR) is 99.5 cm³/mol. The monoisotopic (exact) mass is 424 g/mol. The molecule has 2 aromatic carbocycles. The number of carbonyl (C=O) groups is 2. The van der Waals surface area contributed by atoms with Gasteiger partial charge in [-0.25, -0.2) is 0 Å². The Morgan fingerprint density at radius 2 is 1.86 bits per heavy atom. The first-order chi connectivity index (χ1) is 13.8. The number of nitrogens with one attached hydrogen (secondary N) is 2. The van der Waals surface area contributed by atoms with E-state index in [0.717, 1.165) is 4.90 Å². The van der Waals surface area contributed by atoms with E-state index in [9.17, 15) is 22.8 Å². The van der Waals surface area contributed by atoms with Gasteiger partial charge < -0.3 is 20.1 Å². The number of ether oxygens (including phenoxy) is 2. The Labute approximate surface area is 167 Å². The molecular formula is C19H15F3N2O4S. The highest BCUT2D eigenvalue weighted by molar-refractivity contribution is 8.00. The van der Waals surface area contributed by atoms with Crippen LogP contribution in [0.25, 0.3) is 0 Å². The molecule has 0 radical (unpaired) electrons. The van der Waals surface area contributed by atoms with Gasteiger partial charge in [0.2, 0.25) is 5.91 Å². The normalized spacial score (nSPS) is 16.4. The van der Waals surface area contributed by atoms with Gasteiger partial charge in [-0.1, -0.05) is 6.07 Å². The van der Waals surface area contributed by atoms with Crippen LogP contribution in [-0.2, 0) is 4.79 Å². The second kappa shape index (κ2) is 7.51. The van der Waals surface area contributed by atoms with Gasteiger partial charge in [-0.2, -0.15) is 13.2 Å². The molecule has 2 aliphatic rings. The molecule has 0 saturated carbocycles. The van der Waals surface area contributed by atoms with Crippen LogP contribution in [0.15, 0.2) is 41.3 Å². The SMILES string of the molecule is O=C1CSc2ccc(C(=O)NC(c3ccc4c(c3)OCCO4)C(F)(F)F)cc2N1. The van der Waals surface area contributed by atoms with Gasteiger partial charge in [0.15, 0.2) is 17.5 Å². The zero-order valence-corrected chi connectivity index (χ0v) is 15.7. The minimum Gasteiger partial charge on any atom is -0.486 e. The zero-order chi connectivity index (χ0) is 20.6. The molecule has 6 nitrogen and oxygen atoms in total. The Morgan fingerprint density at radius 1 is 1.10 bits per heavy atom. The van der Waals surface area contributed by atoms with Crippen molar-refractivity contribution in [1.82, 2.24) is 5.32 Å². The van der Waals surface area contributed by atoms with Crippen molar-refractivity contribution >= 4 is 29.3 Å². The standard InChI is InChI=1S/C19H15F3N2O4S/c20-19(21,22)17(10-1-3-13-14(8-10)28-6-5-27-13)24-18(26)11-2-4-15-12(7-11)23-16(25)9-29-15/h1-4,7-8,17H,5-6,9H2,(H,23,25)(H,24,26). The lowest BCUT2D eigenvalue weighted by molar-refractivity contribution is -0.155. The summed E-state index contributed by atoms with van der Waals surface area (Å²) < 4.78 is 51.7. The van der Waals surface area contributed by atoms with Crippen LogP contribution in [0.4, 0.5) is 18.9 Å². The molecule has 4 rings (SSSR count). The van der Waals surface area contributed by atoms with E-state index in [1.165, 1.54) is 42.1 Å². The number of halogens is 3.